The molecule has 0 amide bonds. The first-order chi connectivity index (χ1) is 15.4. The summed E-state index contributed by atoms with van der Waals surface area (Å²) in [4.78, 5) is 14.5. The van der Waals surface area contributed by atoms with Crippen LogP contribution in [0.25, 0.3) is 21.6 Å². The van der Waals surface area contributed by atoms with Crippen molar-refractivity contribution in [2.24, 2.45) is 0 Å². The second-order valence-corrected chi connectivity index (χ2v) is 9.88. The molecule has 0 saturated carbocycles. The largest absolute Gasteiger partial charge is 0.462 e. The number of carbonyl (C=O) groups excluding carboxylic acids is 1. The fraction of sp³-hybridized carbons (Fsp3) is 0.292. The van der Waals surface area contributed by atoms with E-state index >= 15 is 0 Å². The van der Waals surface area contributed by atoms with Crippen LogP contribution in [0.15, 0.2) is 36.4 Å². The number of thiol groups is 1. The van der Waals surface area contributed by atoms with Crippen LogP contribution in [0.3, 0.4) is 0 Å². The monoisotopic (exact) mass is 489 g/mol. The van der Waals surface area contributed by atoms with Crippen molar-refractivity contribution in [3.63, 3.8) is 0 Å². The van der Waals surface area contributed by atoms with Crippen molar-refractivity contribution in [3.05, 3.63) is 63.0 Å². The van der Waals surface area contributed by atoms with Gasteiger partial charge in [0.2, 0.25) is 10.9 Å². The van der Waals surface area contributed by atoms with E-state index in [1.807, 2.05) is 37.3 Å². The van der Waals surface area contributed by atoms with Crippen LogP contribution in [0.5, 0.6) is 0 Å². The van der Waals surface area contributed by atoms with Crippen LogP contribution in [-0.2, 0) is 28.5 Å². The number of thiophene rings is 1. The highest BCUT2D eigenvalue weighted by molar-refractivity contribution is 7.73. The number of esters is 1. The van der Waals surface area contributed by atoms with Crippen molar-refractivity contribution < 1.29 is 17.9 Å². The summed E-state index contributed by atoms with van der Waals surface area (Å²) in [6.07, 6.45) is 3.67. The lowest BCUT2D eigenvalue weighted by molar-refractivity contribution is 0.0533. The van der Waals surface area contributed by atoms with Crippen molar-refractivity contribution >= 4 is 45.5 Å². The van der Waals surface area contributed by atoms with Crippen LogP contribution in [0.2, 0.25) is 5.02 Å². The summed E-state index contributed by atoms with van der Waals surface area (Å²) < 4.78 is 30.6. The highest BCUT2D eigenvalue weighted by atomic mass is 35.5. The van der Waals surface area contributed by atoms with Gasteiger partial charge in [-0.05, 0) is 85.5 Å². The molecular formula is C24H24ClNO4S2. The maximum Gasteiger partial charge on any atom is 0.348 e. The molecular weight excluding hydrogens is 466 g/mol. The summed E-state index contributed by atoms with van der Waals surface area (Å²) in [5.41, 5.74) is 6.59. The van der Waals surface area contributed by atoms with Gasteiger partial charge in [-0.3, -0.25) is 4.72 Å². The zero-order valence-electron chi connectivity index (χ0n) is 17.9. The Morgan fingerprint density at radius 2 is 1.78 bits per heavy atom. The number of halogens is 1. The smallest absolute Gasteiger partial charge is 0.348 e. The van der Waals surface area contributed by atoms with E-state index in [0.717, 1.165) is 63.9 Å². The summed E-state index contributed by atoms with van der Waals surface area (Å²) in [6, 6.07) is 11.3. The van der Waals surface area contributed by atoms with E-state index in [2.05, 4.69) is 4.72 Å². The van der Waals surface area contributed by atoms with Gasteiger partial charge < -0.3 is 4.74 Å². The number of nitrogens with one attached hydrogen (secondary N) is 1. The average Bonchev–Trinajstić information content (AvgIpc) is 3.11. The van der Waals surface area contributed by atoms with E-state index < -0.39 is 10.9 Å². The number of fused-ring (bicyclic) bond motifs is 1. The minimum atomic E-state index is -2.75. The van der Waals surface area contributed by atoms with E-state index in [1.165, 1.54) is 11.3 Å². The molecule has 1 aliphatic rings. The Morgan fingerprint density at radius 1 is 1.09 bits per heavy atom. The van der Waals surface area contributed by atoms with E-state index in [4.69, 9.17) is 16.3 Å². The van der Waals surface area contributed by atoms with Crippen molar-refractivity contribution in [1.82, 2.24) is 0 Å². The number of rotatable bonds is 6. The first-order valence-electron chi connectivity index (χ1n) is 10.5. The molecule has 0 bridgehead atoms. The zero-order chi connectivity index (χ0) is 22.8. The molecule has 4 rings (SSSR count). The fourth-order valence-corrected chi connectivity index (χ4v) is 6.11. The Kier molecular flexibility index (Phi) is 6.88. The third-order valence-corrected chi connectivity index (χ3v) is 7.73. The van der Waals surface area contributed by atoms with Crippen molar-refractivity contribution in [3.8, 4) is 21.6 Å². The Labute approximate surface area is 198 Å². The van der Waals surface area contributed by atoms with Gasteiger partial charge in [0.15, 0.2) is 0 Å². The topological polar surface area (TPSA) is 72.5 Å². The Balaban J connectivity index is 1.94. The molecule has 5 nitrogen and oxygen atoms in total. The van der Waals surface area contributed by atoms with Crippen molar-refractivity contribution in [2.75, 3.05) is 11.3 Å². The third-order valence-electron chi connectivity index (χ3n) is 5.73. The number of carbonyl (C=O) groups is 1. The molecule has 0 saturated heterocycles. The van der Waals surface area contributed by atoms with E-state index in [0.29, 0.717) is 22.2 Å². The van der Waals surface area contributed by atoms with Crippen LogP contribution in [-0.4, -0.2) is 21.0 Å². The lowest BCUT2D eigenvalue weighted by atomic mass is 9.84. The molecule has 1 heterocycles. The van der Waals surface area contributed by atoms with Gasteiger partial charge in [-0.2, -0.15) is 0 Å². The predicted octanol–water partition coefficient (Wildman–Crippen LogP) is 6.04. The van der Waals surface area contributed by atoms with Crippen molar-refractivity contribution in [2.45, 2.75) is 39.5 Å². The summed E-state index contributed by atoms with van der Waals surface area (Å²) in [7, 11) is -2.75. The number of anilines is 1. The molecule has 0 unspecified atom stereocenters. The second-order valence-electron chi connectivity index (χ2n) is 7.68. The molecule has 1 aromatic heterocycles. The van der Waals surface area contributed by atoms with Crippen LogP contribution >= 0.6 is 22.9 Å². The molecule has 1 N–H and O–H groups in total. The van der Waals surface area contributed by atoms with Crippen LogP contribution in [0, 0.1) is 6.92 Å². The van der Waals surface area contributed by atoms with Gasteiger partial charge in [-0.1, -0.05) is 29.8 Å². The van der Waals surface area contributed by atoms with E-state index in [9.17, 15) is 13.2 Å². The molecule has 0 fully saturated rings. The summed E-state index contributed by atoms with van der Waals surface area (Å²) in [5, 5.41) is 0.655. The lowest BCUT2D eigenvalue weighted by Crippen LogP contribution is -2.10. The molecule has 0 spiro atoms. The second kappa shape index (κ2) is 9.65. The molecule has 0 radical (unpaired) electrons. The molecule has 2 aromatic carbocycles. The van der Waals surface area contributed by atoms with E-state index in [-0.39, 0.29) is 5.97 Å². The summed E-state index contributed by atoms with van der Waals surface area (Å²) in [5.74, 6) is -0.342. The predicted molar refractivity (Wildman–Crippen MR) is 131 cm³/mol. The maximum atomic E-state index is 12.9. The van der Waals surface area contributed by atoms with Gasteiger partial charge in [0.1, 0.15) is 4.88 Å². The van der Waals surface area contributed by atoms with Gasteiger partial charge in [0.25, 0.3) is 0 Å². The Hall–Kier alpha value is -2.35. The van der Waals surface area contributed by atoms with E-state index in [1.54, 1.807) is 13.0 Å². The average molecular weight is 490 g/mol. The standard InChI is InChI=1S/C24H24ClNO4S2/c1-3-30-24(27)23-21(14(2)22(31-23)15-8-10-16(25)11-9-15)19-12-13-20(26-32(28)29)18-7-5-4-6-17(18)19/h8-13,32H,3-7H2,1-2H3,(H,26,28,29). The highest BCUT2D eigenvalue weighted by Gasteiger charge is 2.27. The number of benzene rings is 2. The number of ether oxygens (including phenoxy) is 1. The maximum absolute atomic E-state index is 12.9. The highest BCUT2D eigenvalue weighted by Crippen LogP contribution is 2.46. The van der Waals surface area contributed by atoms with Gasteiger partial charge in [-0.15, -0.1) is 11.3 Å². The quantitative estimate of drug-likeness (QED) is 0.327. The summed E-state index contributed by atoms with van der Waals surface area (Å²) >= 11 is 7.50. The minimum Gasteiger partial charge on any atom is -0.462 e. The SMILES string of the molecule is CCOC(=O)c1sc(-c2ccc(Cl)cc2)c(C)c1-c1ccc(N[SH](=O)=O)c2c1CCCC2. The first-order valence-corrected chi connectivity index (χ1v) is 12.9. The molecule has 32 heavy (non-hydrogen) atoms. The summed E-state index contributed by atoms with van der Waals surface area (Å²) in [6.45, 7) is 4.11. The fourth-order valence-electron chi connectivity index (χ4n) is 4.36. The molecule has 168 valence electrons. The third kappa shape index (κ3) is 4.42. The van der Waals surface area contributed by atoms with Crippen LogP contribution in [0.1, 0.15) is 46.1 Å². The Morgan fingerprint density at radius 3 is 2.44 bits per heavy atom. The van der Waals surface area contributed by atoms with Crippen LogP contribution in [0.4, 0.5) is 5.69 Å². The minimum absolute atomic E-state index is 0.295. The molecule has 8 heteroatoms. The molecule has 0 atom stereocenters. The first kappa shape index (κ1) is 22.8. The van der Waals surface area contributed by atoms with Gasteiger partial charge in [0, 0.05) is 15.5 Å². The molecule has 1 aliphatic carbocycles. The normalized spacial score (nSPS) is 13.1. The van der Waals surface area contributed by atoms with Gasteiger partial charge >= 0.3 is 5.97 Å². The van der Waals surface area contributed by atoms with Crippen molar-refractivity contribution in [1.29, 1.82) is 0 Å². The number of hydrogen-bond donors (Lipinski definition) is 2. The molecule has 3 aromatic rings. The van der Waals surface area contributed by atoms with Gasteiger partial charge in [0.05, 0.1) is 12.3 Å². The number of hydrogen-bond acceptors (Lipinski definition) is 5. The zero-order valence-corrected chi connectivity index (χ0v) is 20.3. The Bertz CT molecular complexity index is 1240. The lowest BCUT2D eigenvalue weighted by Gasteiger charge is -2.23. The molecule has 0 aliphatic heterocycles. The van der Waals surface area contributed by atoms with Gasteiger partial charge in [-0.25, -0.2) is 13.2 Å². The van der Waals surface area contributed by atoms with Crippen LogP contribution < -0.4 is 4.72 Å².